The van der Waals surface area contributed by atoms with Crippen molar-refractivity contribution in [2.45, 2.75) is 39.2 Å². The van der Waals surface area contributed by atoms with Gasteiger partial charge < -0.3 is 4.90 Å². The Balaban J connectivity index is 2.39. The van der Waals surface area contributed by atoms with Crippen molar-refractivity contribution in [3.8, 4) is 6.07 Å². The number of rotatable bonds is 5. The van der Waals surface area contributed by atoms with Crippen molar-refractivity contribution >= 4 is 0 Å². The predicted octanol–water partition coefficient (Wildman–Crippen LogP) is 1.95. The van der Waals surface area contributed by atoms with Gasteiger partial charge in [0.2, 0.25) is 0 Å². The molecule has 0 aromatic rings. The molecule has 0 radical (unpaired) electrons. The summed E-state index contributed by atoms with van der Waals surface area (Å²) in [4.78, 5) is 4.82. The van der Waals surface area contributed by atoms with Crippen LogP contribution in [0.15, 0.2) is 0 Å². The lowest BCUT2D eigenvalue weighted by Gasteiger charge is -2.28. The zero-order valence-corrected chi connectivity index (χ0v) is 11.2. The van der Waals surface area contributed by atoms with Gasteiger partial charge in [-0.25, -0.2) is 0 Å². The number of likely N-dealkylation sites (tertiary alicyclic amines) is 1. The molecule has 92 valence electrons. The zero-order valence-electron chi connectivity index (χ0n) is 11.2. The van der Waals surface area contributed by atoms with Gasteiger partial charge in [0.25, 0.3) is 0 Å². The Labute approximate surface area is 100 Å². The molecular formula is C13H25N3. The molecule has 16 heavy (non-hydrogen) atoms. The van der Waals surface area contributed by atoms with Gasteiger partial charge in [-0.2, -0.15) is 5.26 Å². The van der Waals surface area contributed by atoms with Crippen molar-refractivity contribution < 1.29 is 0 Å². The fourth-order valence-electron chi connectivity index (χ4n) is 2.30. The molecule has 1 aliphatic heterocycles. The summed E-state index contributed by atoms with van der Waals surface area (Å²) in [6.07, 6.45) is 3.60. The first-order valence-corrected chi connectivity index (χ1v) is 6.24. The first kappa shape index (κ1) is 13.5. The van der Waals surface area contributed by atoms with Crippen LogP contribution in [0.1, 0.15) is 33.1 Å². The second-order valence-electron chi connectivity index (χ2n) is 5.84. The van der Waals surface area contributed by atoms with Gasteiger partial charge in [-0.3, -0.25) is 4.90 Å². The van der Waals surface area contributed by atoms with Crippen molar-refractivity contribution in [3.63, 3.8) is 0 Å². The summed E-state index contributed by atoms with van der Waals surface area (Å²) in [7, 11) is 4.27. The van der Waals surface area contributed by atoms with Crippen molar-refractivity contribution in [1.29, 1.82) is 5.26 Å². The van der Waals surface area contributed by atoms with E-state index in [1.54, 1.807) is 0 Å². The topological polar surface area (TPSA) is 30.3 Å². The monoisotopic (exact) mass is 223 g/mol. The molecule has 1 heterocycles. The quantitative estimate of drug-likeness (QED) is 0.713. The summed E-state index contributed by atoms with van der Waals surface area (Å²) >= 11 is 0. The molecule has 0 N–H and O–H groups in total. The minimum absolute atomic E-state index is 0.175. The molecule has 0 saturated carbocycles. The van der Waals surface area contributed by atoms with E-state index in [-0.39, 0.29) is 5.41 Å². The maximum atomic E-state index is 9.00. The minimum Gasteiger partial charge on any atom is -0.308 e. The fraction of sp³-hybridized carbons (Fsp3) is 0.923. The Morgan fingerprint density at radius 2 is 2.12 bits per heavy atom. The smallest absolute Gasteiger partial charge is 0.0684 e. The molecule has 1 aliphatic rings. The Bertz CT molecular complexity index is 252. The van der Waals surface area contributed by atoms with Gasteiger partial charge >= 0.3 is 0 Å². The van der Waals surface area contributed by atoms with E-state index in [9.17, 15) is 0 Å². The molecule has 1 saturated heterocycles. The third kappa shape index (κ3) is 4.11. The summed E-state index contributed by atoms with van der Waals surface area (Å²) in [6.45, 7) is 7.49. The molecule has 0 aromatic carbocycles. The molecule has 0 bridgehead atoms. The Morgan fingerprint density at radius 1 is 1.44 bits per heavy atom. The molecule has 1 fully saturated rings. The Hall–Kier alpha value is -0.590. The fourth-order valence-corrected chi connectivity index (χ4v) is 2.30. The van der Waals surface area contributed by atoms with Crippen molar-refractivity contribution in [1.82, 2.24) is 9.80 Å². The van der Waals surface area contributed by atoms with E-state index in [0.717, 1.165) is 19.5 Å². The number of nitriles is 1. The molecule has 0 aliphatic carbocycles. The van der Waals surface area contributed by atoms with Gasteiger partial charge in [-0.1, -0.05) is 0 Å². The number of hydrogen-bond donors (Lipinski definition) is 0. The maximum absolute atomic E-state index is 9.00. The summed E-state index contributed by atoms with van der Waals surface area (Å²) < 4.78 is 0. The molecule has 3 heteroatoms. The Kier molecular flexibility index (Phi) is 4.76. The second-order valence-corrected chi connectivity index (χ2v) is 5.84. The molecule has 0 spiro atoms. The lowest BCUT2D eigenvalue weighted by Crippen LogP contribution is -2.39. The third-order valence-corrected chi connectivity index (χ3v) is 3.40. The average Bonchev–Trinajstić information content (AvgIpc) is 2.62. The van der Waals surface area contributed by atoms with Crippen LogP contribution in [0.2, 0.25) is 0 Å². The summed E-state index contributed by atoms with van der Waals surface area (Å²) in [5, 5.41) is 9.00. The molecule has 3 nitrogen and oxygen atoms in total. The van der Waals surface area contributed by atoms with E-state index < -0.39 is 0 Å². The largest absolute Gasteiger partial charge is 0.308 e. The van der Waals surface area contributed by atoms with E-state index in [4.69, 9.17) is 5.26 Å². The van der Waals surface area contributed by atoms with E-state index in [2.05, 4.69) is 30.0 Å². The van der Waals surface area contributed by atoms with Gasteiger partial charge in [0.15, 0.2) is 0 Å². The van der Waals surface area contributed by atoms with Gasteiger partial charge in [-0.05, 0) is 60.3 Å². The van der Waals surface area contributed by atoms with Crippen LogP contribution >= 0.6 is 0 Å². The number of nitrogens with zero attached hydrogens (tertiary/aromatic N) is 3. The highest BCUT2D eigenvalue weighted by atomic mass is 15.2. The van der Waals surface area contributed by atoms with Crippen LogP contribution in [0.4, 0.5) is 0 Å². The Morgan fingerprint density at radius 3 is 2.69 bits per heavy atom. The van der Waals surface area contributed by atoms with Crippen molar-refractivity contribution in [3.05, 3.63) is 0 Å². The molecule has 0 aromatic heterocycles. The molecule has 0 amide bonds. The van der Waals surface area contributed by atoms with Gasteiger partial charge in [0.1, 0.15) is 0 Å². The van der Waals surface area contributed by atoms with Crippen LogP contribution in [0, 0.1) is 16.7 Å². The van der Waals surface area contributed by atoms with Crippen molar-refractivity contribution in [2.24, 2.45) is 5.41 Å². The summed E-state index contributed by atoms with van der Waals surface area (Å²) in [6, 6.07) is 3.08. The standard InChI is InChI=1S/C13H25N3/c1-13(2,11-14)7-9-16-8-5-6-12(16)10-15(3)4/h12H,5-10H2,1-4H3. The highest BCUT2D eigenvalue weighted by Crippen LogP contribution is 2.23. The van der Waals surface area contributed by atoms with Crippen LogP contribution in [0.25, 0.3) is 0 Å². The lowest BCUT2D eigenvalue weighted by atomic mass is 9.91. The van der Waals surface area contributed by atoms with Crippen LogP contribution in [0.3, 0.4) is 0 Å². The van der Waals surface area contributed by atoms with Gasteiger partial charge in [0.05, 0.1) is 11.5 Å². The molecular weight excluding hydrogens is 198 g/mol. The molecule has 1 atom stereocenters. The maximum Gasteiger partial charge on any atom is 0.0684 e. The zero-order chi connectivity index (χ0) is 12.2. The van der Waals surface area contributed by atoms with Crippen LogP contribution in [-0.4, -0.2) is 49.6 Å². The van der Waals surface area contributed by atoms with E-state index >= 15 is 0 Å². The highest BCUT2D eigenvalue weighted by Gasteiger charge is 2.26. The lowest BCUT2D eigenvalue weighted by molar-refractivity contribution is 0.191. The van der Waals surface area contributed by atoms with Crippen LogP contribution < -0.4 is 0 Å². The third-order valence-electron chi connectivity index (χ3n) is 3.40. The van der Waals surface area contributed by atoms with E-state index in [0.29, 0.717) is 6.04 Å². The van der Waals surface area contributed by atoms with Crippen LogP contribution in [-0.2, 0) is 0 Å². The van der Waals surface area contributed by atoms with E-state index in [1.165, 1.54) is 19.4 Å². The first-order valence-electron chi connectivity index (χ1n) is 6.24. The predicted molar refractivity (Wildman–Crippen MR) is 67.2 cm³/mol. The first-order chi connectivity index (χ1) is 7.44. The normalized spacial score (nSPS) is 22.6. The van der Waals surface area contributed by atoms with E-state index in [1.807, 2.05) is 13.8 Å². The second kappa shape index (κ2) is 5.65. The number of likely N-dealkylation sites (N-methyl/N-ethyl adjacent to an activating group) is 1. The van der Waals surface area contributed by atoms with Crippen LogP contribution in [0.5, 0.6) is 0 Å². The number of hydrogen-bond acceptors (Lipinski definition) is 3. The van der Waals surface area contributed by atoms with Gasteiger partial charge in [0, 0.05) is 12.6 Å². The SMILES string of the molecule is CN(C)CC1CCCN1CCC(C)(C)C#N. The summed E-state index contributed by atoms with van der Waals surface area (Å²) in [5.41, 5.74) is -0.175. The molecule has 1 rings (SSSR count). The summed E-state index contributed by atoms with van der Waals surface area (Å²) in [5.74, 6) is 0. The molecule has 1 unspecified atom stereocenters. The minimum atomic E-state index is -0.175. The van der Waals surface area contributed by atoms with Crippen molar-refractivity contribution in [2.75, 3.05) is 33.7 Å². The van der Waals surface area contributed by atoms with Gasteiger partial charge in [-0.15, -0.1) is 0 Å². The average molecular weight is 223 g/mol. The highest BCUT2D eigenvalue weighted by molar-refractivity contribution is 4.93.